The number of nitrogens with one attached hydrogen (secondary N) is 1. The zero-order chi connectivity index (χ0) is 18.1. The van der Waals surface area contributed by atoms with E-state index in [1.807, 2.05) is 24.1 Å². The summed E-state index contributed by atoms with van der Waals surface area (Å²) < 4.78 is 7.58. The predicted octanol–water partition coefficient (Wildman–Crippen LogP) is 2.76. The number of likely N-dealkylation sites (tertiary alicyclic amines) is 1. The topological polar surface area (TPSA) is 63.6 Å². The van der Waals surface area contributed by atoms with Gasteiger partial charge in [0.05, 0.1) is 12.3 Å². The number of aryl methyl sites for hydroxylation is 1. The smallest absolute Gasteiger partial charge is 0.407 e. The molecule has 0 unspecified atom stereocenters. The molecule has 2 aromatic rings. The van der Waals surface area contributed by atoms with E-state index in [1.54, 1.807) is 11.8 Å². The number of hydrogen-bond acceptors (Lipinski definition) is 4. The SMILES string of the molecule is Cn1cc(SCC(=O)N2CCC[C@]3(CC2)CNC(=O)O3)c2ccccc21. The Morgan fingerprint density at radius 3 is 2.96 bits per heavy atom. The fourth-order valence-electron chi connectivity index (χ4n) is 3.85. The van der Waals surface area contributed by atoms with Gasteiger partial charge < -0.3 is 19.5 Å². The van der Waals surface area contributed by atoms with Gasteiger partial charge in [-0.3, -0.25) is 4.79 Å². The molecule has 6 nitrogen and oxygen atoms in total. The highest BCUT2D eigenvalue weighted by Gasteiger charge is 2.41. The van der Waals surface area contributed by atoms with Crippen LogP contribution in [0.25, 0.3) is 10.9 Å². The lowest BCUT2D eigenvalue weighted by Gasteiger charge is -2.25. The van der Waals surface area contributed by atoms with Crippen LogP contribution >= 0.6 is 11.8 Å². The van der Waals surface area contributed by atoms with E-state index in [-0.39, 0.29) is 12.0 Å². The zero-order valence-corrected chi connectivity index (χ0v) is 15.7. The number of alkyl carbamates (subject to hydrolysis) is 1. The molecule has 138 valence electrons. The van der Waals surface area contributed by atoms with Gasteiger partial charge in [0.1, 0.15) is 5.60 Å². The number of aromatic nitrogens is 1. The lowest BCUT2D eigenvalue weighted by molar-refractivity contribution is -0.128. The minimum absolute atomic E-state index is 0.150. The Hall–Kier alpha value is -2.15. The van der Waals surface area contributed by atoms with Crippen molar-refractivity contribution < 1.29 is 14.3 Å². The Morgan fingerprint density at radius 2 is 2.15 bits per heavy atom. The van der Waals surface area contributed by atoms with Crippen LogP contribution in [-0.4, -0.2) is 52.5 Å². The van der Waals surface area contributed by atoms with Gasteiger partial charge in [0.2, 0.25) is 5.91 Å². The first-order valence-electron chi connectivity index (χ1n) is 8.98. The molecule has 0 radical (unpaired) electrons. The number of ether oxygens (including phenoxy) is 1. The van der Waals surface area contributed by atoms with Crippen LogP contribution in [0, 0.1) is 0 Å². The number of para-hydroxylation sites is 1. The van der Waals surface area contributed by atoms with Crippen molar-refractivity contribution in [3.05, 3.63) is 30.5 Å². The molecule has 0 bridgehead atoms. The summed E-state index contributed by atoms with van der Waals surface area (Å²) in [4.78, 5) is 27.2. The summed E-state index contributed by atoms with van der Waals surface area (Å²) >= 11 is 1.59. The third-order valence-corrected chi connectivity index (χ3v) is 6.35. The highest BCUT2D eigenvalue weighted by atomic mass is 32.2. The molecule has 0 aliphatic carbocycles. The van der Waals surface area contributed by atoms with Crippen molar-refractivity contribution in [1.29, 1.82) is 0 Å². The predicted molar refractivity (Wildman–Crippen MR) is 101 cm³/mol. The number of amides is 2. The molecule has 7 heteroatoms. The summed E-state index contributed by atoms with van der Waals surface area (Å²) in [5, 5.41) is 3.93. The summed E-state index contributed by atoms with van der Waals surface area (Å²) in [5.74, 6) is 0.580. The van der Waals surface area contributed by atoms with Gasteiger partial charge in [0, 0.05) is 48.6 Å². The molecule has 2 aliphatic heterocycles. The first kappa shape index (κ1) is 17.3. The van der Waals surface area contributed by atoms with E-state index < -0.39 is 5.60 Å². The van der Waals surface area contributed by atoms with Crippen molar-refractivity contribution >= 4 is 34.7 Å². The molecule has 1 aromatic carbocycles. The van der Waals surface area contributed by atoms with Gasteiger partial charge in [-0.25, -0.2) is 4.79 Å². The van der Waals surface area contributed by atoms with Crippen molar-refractivity contribution in [1.82, 2.24) is 14.8 Å². The number of benzene rings is 1. The van der Waals surface area contributed by atoms with E-state index in [9.17, 15) is 9.59 Å². The van der Waals surface area contributed by atoms with E-state index in [2.05, 4.69) is 28.2 Å². The second-order valence-electron chi connectivity index (χ2n) is 7.07. The summed E-state index contributed by atoms with van der Waals surface area (Å²) in [5.41, 5.74) is 0.754. The number of rotatable bonds is 3. The molecular formula is C19H23N3O3S. The third-order valence-electron chi connectivity index (χ3n) is 5.33. The third kappa shape index (κ3) is 3.28. The van der Waals surface area contributed by atoms with Crippen molar-refractivity contribution in [3.63, 3.8) is 0 Å². The standard InChI is InChI=1S/C19H23N3O3S/c1-21-11-16(14-5-2-3-6-15(14)21)26-12-17(23)22-9-4-7-19(8-10-22)13-20-18(24)25-19/h2-3,5-6,11H,4,7-10,12-13H2,1H3,(H,20,24)/t19-/m0/s1. The van der Waals surface area contributed by atoms with Crippen LogP contribution in [0.2, 0.25) is 0 Å². The van der Waals surface area contributed by atoms with E-state index in [4.69, 9.17) is 4.74 Å². The molecule has 1 aromatic heterocycles. The number of carbonyl (C=O) groups is 2. The molecule has 2 fully saturated rings. The van der Waals surface area contributed by atoms with Gasteiger partial charge in [0.15, 0.2) is 0 Å². The zero-order valence-electron chi connectivity index (χ0n) is 14.9. The number of nitrogens with zero attached hydrogens (tertiary/aromatic N) is 2. The van der Waals surface area contributed by atoms with Crippen molar-refractivity contribution in [2.24, 2.45) is 7.05 Å². The first-order chi connectivity index (χ1) is 12.6. The molecular weight excluding hydrogens is 350 g/mol. The van der Waals surface area contributed by atoms with E-state index in [0.29, 0.717) is 25.3 Å². The van der Waals surface area contributed by atoms with Crippen molar-refractivity contribution in [3.8, 4) is 0 Å². The van der Waals surface area contributed by atoms with Crippen LogP contribution in [0.4, 0.5) is 4.79 Å². The molecule has 2 saturated heterocycles. The Bertz CT molecular complexity index is 850. The normalized spacial score (nSPS) is 23.1. The lowest BCUT2D eigenvalue weighted by Crippen LogP contribution is -2.37. The molecule has 26 heavy (non-hydrogen) atoms. The maximum absolute atomic E-state index is 12.7. The van der Waals surface area contributed by atoms with E-state index in [1.165, 1.54) is 10.9 Å². The minimum Gasteiger partial charge on any atom is -0.441 e. The van der Waals surface area contributed by atoms with Gasteiger partial charge in [-0.05, 0) is 18.9 Å². The van der Waals surface area contributed by atoms with Crippen LogP contribution in [0.15, 0.2) is 35.4 Å². The Labute approximate surface area is 156 Å². The molecule has 0 saturated carbocycles. The quantitative estimate of drug-likeness (QED) is 0.841. The van der Waals surface area contributed by atoms with Crippen LogP contribution in [0.5, 0.6) is 0 Å². The van der Waals surface area contributed by atoms with Gasteiger partial charge >= 0.3 is 6.09 Å². The van der Waals surface area contributed by atoms with E-state index in [0.717, 1.165) is 24.3 Å². The molecule has 2 aliphatic rings. The van der Waals surface area contributed by atoms with Gasteiger partial charge in [-0.15, -0.1) is 11.8 Å². The molecule has 1 spiro atoms. The molecule has 1 N–H and O–H groups in total. The van der Waals surface area contributed by atoms with Gasteiger partial charge in [-0.2, -0.15) is 0 Å². The Balaban J connectivity index is 1.38. The summed E-state index contributed by atoms with van der Waals surface area (Å²) in [6, 6.07) is 8.24. The number of thioether (sulfide) groups is 1. The Morgan fingerprint density at radius 1 is 1.31 bits per heavy atom. The minimum atomic E-state index is -0.422. The summed E-state index contributed by atoms with van der Waals surface area (Å²) in [6.07, 6.45) is 4.13. The molecule has 4 rings (SSSR count). The van der Waals surface area contributed by atoms with Crippen LogP contribution < -0.4 is 5.32 Å². The Kier molecular flexibility index (Phi) is 4.56. The largest absolute Gasteiger partial charge is 0.441 e. The monoisotopic (exact) mass is 373 g/mol. The highest BCUT2D eigenvalue weighted by Crippen LogP contribution is 2.31. The molecule has 2 amide bonds. The molecule has 3 heterocycles. The first-order valence-corrected chi connectivity index (χ1v) is 9.96. The van der Waals surface area contributed by atoms with E-state index >= 15 is 0 Å². The van der Waals surface area contributed by atoms with Gasteiger partial charge in [0.25, 0.3) is 0 Å². The molecule has 1 atom stereocenters. The average molecular weight is 373 g/mol. The van der Waals surface area contributed by atoms with Crippen LogP contribution in [0.1, 0.15) is 19.3 Å². The maximum Gasteiger partial charge on any atom is 0.407 e. The summed E-state index contributed by atoms with van der Waals surface area (Å²) in [6.45, 7) is 1.93. The van der Waals surface area contributed by atoms with Crippen LogP contribution in [-0.2, 0) is 16.6 Å². The number of hydrogen-bond donors (Lipinski definition) is 1. The number of fused-ring (bicyclic) bond motifs is 1. The summed E-state index contributed by atoms with van der Waals surface area (Å²) in [7, 11) is 2.03. The van der Waals surface area contributed by atoms with Gasteiger partial charge in [-0.1, -0.05) is 18.2 Å². The highest BCUT2D eigenvalue weighted by molar-refractivity contribution is 8.00. The van der Waals surface area contributed by atoms with Crippen LogP contribution in [0.3, 0.4) is 0 Å². The second-order valence-corrected chi connectivity index (χ2v) is 8.09. The maximum atomic E-state index is 12.7. The van der Waals surface area contributed by atoms with Crippen molar-refractivity contribution in [2.75, 3.05) is 25.4 Å². The fourth-order valence-corrected chi connectivity index (χ4v) is 4.87. The fraction of sp³-hybridized carbons (Fsp3) is 0.474. The lowest BCUT2D eigenvalue weighted by atomic mass is 9.95. The average Bonchev–Trinajstić information content (AvgIpc) is 3.08. The second kappa shape index (κ2) is 6.87. The van der Waals surface area contributed by atoms with Crippen molar-refractivity contribution in [2.45, 2.75) is 29.8 Å². The number of carbonyl (C=O) groups excluding carboxylic acids is 2.